The number of fused-ring (bicyclic) bond motifs is 3. The van der Waals surface area contributed by atoms with Crippen LogP contribution in [-0.4, -0.2) is 44.7 Å². The van der Waals surface area contributed by atoms with Crippen molar-refractivity contribution in [1.29, 1.82) is 15.8 Å². The van der Waals surface area contributed by atoms with E-state index in [0.717, 1.165) is 0 Å². The largest absolute Gasteiger partial charge is 0.394 e. The molecule has 6 aromatic carbocycles. The molecule has 7 aromatic rings. The number of aromatic nitrogens is 2. The molecule has 0 atom stereocenters. The van der Waals surface area contributed by atoms with Gasteiger partial charge in [-0.2, -0.15) is 15.8 Å². The van der Waals surface area contributed by atoms with Crippen molar-refractivity contribution in [3.05, 3.63) is 230 Å². The maximum Gasteiger partial charge on any atom is 0.233 e. The lowest BCUT2D eigenvalue weighted by molar-refractivity contribution is 0.0817. The molecule has 0 bridgehead atoms. The molecule has 0 amide bonds. The van der Waals surface area contributed by atoms with Gasteiger partial charge in [0.25, 0.3) is 0 Å². The number of rotatable bonds is 5. The quantitative estimate of drug-likeness (QED) is 0.0956. The van der Waals surface area contributed by atoms with Gasteiger partial charge in [0.15, 0.2) is 5.69 Å². The lowest BCUT2D eigenvalue weighted by Crippen LogP contribution is -2.30. The van der Waals surface area contributed by atoms with Gasteiger partial charge in [-0.3, -0.25) is 28.8 Å². The van der Waals surface area contributed by atoms with Gasteiger partial charge in [0.2, 0.25) is 34.7 Å². The summed E-state index contributed by atoms with van der Waals surface area (Å²) in [5.41, 5.74) is 16.2. The van der Waals surface area contributed by atoms with Crippen LogP contribution in [0.1, 0.15) is 90.2 Å². The molecule has 0 spiro atoms. The van der Waals surface area contributed by atoms with Crippen LogP contribution in [0, 0.1) is 40.6 Å². The van der Waals surface area contributed by atoms with E-state index in [1.54, 1.807) is 97.1 Å². The van der Waals surface area contributed by atoms with E-state index in [-0.39, 0.29) is 57.0 Å². The van der Waals surface area contributed by atoms with Crippen molar-refractivity contribution in [2.75, 3.05) is 0 Å². The van der Waals surface area contributed by atoms with Crippen molar-refractivity contribution in [3.8, 4) is 40.7 Å². The van der Waals surface area contributed by atoms with Crippen molar-refractivity contribution in [2.45, 2.75) is 0 Å². The van der Waals surface area contributed by atoms with Crippen LogP contribution in [0.3, 0.4) is 0 Å². The minimum Gasteiger partial charge on any atom is -0.394 e. The monoisotopic (exact) mass is 860 g/mol. The smallest absolute Gasteiger partial charge is 0.233 e. The molecular weight excluding hydrogens is 833 g/mol. The van der Waals surface area contributed by atoms with Crippen LogP contribution in [0.25, 0.3) is 27.4 Å². The second-order valence-electron chi connectivity index (χ2n) is 14.2. The third-order valence-electron chi connectivity index (χ3n) is 10.3. The molecule has 0 fully saturated rings. The minimum atomic E-state index is -0.634. The first-order valence-electron chi connectivity index (χ1n) is 19.5. The van der Waals surface area contributed by atoms with E-state index < -0.39 is 11.6 Å². The van der Waals surface area contributed by atoms with E-state index in [1.165, 1.54) is 48.5 Å². The Morgan fingerprint density at radius 1 is 0.439 bits per heavy atom. The molecule has 14 heteroatoms. The summed E-state index contributed by atoms with van der Waals surface area (Å²) in [6.45, 7) is 6.83. The Kier molecular flexibility index (Phi) is 12.5. The highest BCUT2D eigenvalue weighted by Gasteiger charge is 2.34. The number of carbonyl (C=O) groups excluding carboxylic acids is 6. The Morgan fingerprint density at radius 2 is 0.742 bits per heavy atom. The van der Waals surface area contributed by atoms with E-state index in [0.29, 0.717) is 67.1 Å². The number of nitrogens with zero attached hydrogens (tertiary/aromatic N) is 6. The van der Waals surface area contributed by atoms with E-state index >= 15 is 0 Å². The van der Waals surface area contributed by atoms with Crippen LogP contribution < -0.4 is 11.5 Å². The Balaban J connectivity index is 0.000000162. The highest BCUT2D eigenvalue weighted by Crippen LogP contribution is 2.34. The summed E-state index contributed by atoms with van der Waals surface area (Å²) >= 11 is 0. The molecule has 2 aliphatic rings. The zero-order valence-electron chi connectivity index (χ0n) is 34.1. The van der Waals surface area contributed by atoms with Gasteiger partial charge in [0.05, 0.1) is 52.9 Å². The highest BCUT2D eigenvalue weighted by molar-refractivity contribution is 6.49. The molecule has 2 aliphatic carbocycles. The number of benzene rings is 6. The molecule has 14 nitrogen and oxygen atoms in total. The average molecular weight is 861 g/mol. The van der Waals surface area contributed by atoms with Crippen LogP contribution in [0.4, 0.5) is 5.69 Å². The number of Topliss-reactive ketones (excluding diaryl/α,β-unsaturated/α-hetero) is 4. The minimum absolute atomic E-state index is 0.00505. The number of carbonyl (C=O) groups is 6. The van der Waals surface area contributed by atoms with Crippen molar-refractivity contribution < 1.29 is 28.8 Å². The standard InChI is InChI=1S/C26H12N4O2.C16H8N2O2.C10H8N2O2/c27-13-15-5-9-17(10-6-15)21-22(18-11-7-16(14-28)8-12-18)30-24-23(29-21)25(31)19-3-1-2-4-20(19)26(24)32;1-18-14-8-6-13(7-9-14)16(20)15(19)12-4-2-11(10-17)3-5-12;11-7-8(12)10(14)6-4-2-1-3-5(6)9(7)13/h1-12H;2-9H;1-4H,11-12H2. The summed E-state index contributed by atoms with van der Waals surface area (Å²) in [7, 11) is 0. The molecule has 0 radical (unpaired) electrons. The number of nitriles is 3. The second-order valence-corrected chi connectivity index (χ2v) is 14.2. The Bertz CT molecular complexity index is 3180. The van der Waals surface area contributed by atoms with Gasteiger partial charge in [-0.1, -0.05) is 97.1 Å². The summed E-state index contributed by atoms with van der Waals surface area (Å²) in [5, 5.41) is 26.9. The third kappa shape index (κ3) is 8.61. The summed E-state index contributed by atoms with van der Waals surface area (Å²) in [6.07, 6.45) is 0. The average Bonchev–Trinajstić information content (AvgIpc) is 3.38. The Labute approximate surface area is 375 Å². The Morgan fingerprint density at radius 3 is 1.06 bits per heavy atom. The van der Waals surface area contributed by atoms with Crippen LogP contribution in [0.15, 0.2) is 157 Å². The first kappa shape index (κ1) is 43.8. The number of hydrogen-bond acceptors (Lipinski definition) is 13. The number of hydrogen-bond donors (Lipinski definition) is 2. The van der Waals surface area contributed by atoms with E-state index in [2.05, 4.69) is 27.0 Å². The fraction of sp³-hybridized carbons (Fsp3) is 0. The first-order valence-corrected chi connectivity index (χ1v) is 19.5. The third-order valence-corrected chi connectivity index (χ3v) is 10.3. The molecule has 66 heavy (non-hydrogen) atoms. The van der Waals surface area contributed by atoms with Crippen LogP contribution in [0.2, 0.25) is 0 Å². The van der Waals surface area contributed by atoms with Crippen molar-refractivity contribution >= 4 is 40.4 Å². The molecule has 0 aliphatic heterocycles. The topological polar surface area (TPSA) is 256 Å². The molecule has 9 rings (SSSR count). The number of nitrogens with two attached hydrogens (primary N) is 2. The molecule has 0 saturated carbocycles. The predicted molar refractivity (Wildman–Crippen MR) is 239 cm³/mol. The summed E-state index contributed by atoms with van der Waals surface area (Å²) < 4.78 is 0. The van der Waals surface area contributed by atoms with Crippen molar-refractivity contribution in [1.82, 2.24) is 9.97 Å². The molecular formula is C52H28N8O6. The van der Waals surface area contributed by atoms with E-state index in [9.17, 15) is 28.8 Å². The first-order chi connectivity index (χ1) is 31.9. The predicted octanol–water partition coefficient (Wildman–Crippen LogP) is 7.70. The van der Waals surface area contributed by atoms with Crippen LogP contribution in [-0.2, 0) is 0 Å². The van der Waals surface area contributed by atoms with E-state index in [1.807, 2.05) is 6.07 Å². The molecule has 1 heterocycles. The van der Waals surface area contributed by atoms with Gasteiger partial charge in [0, 0.05) is 44.5 Å². The fourth-order valence-electron chi connectivity index (χ4n) is 6.75. The fourth-order valence-corrected chi connectivity index (χ4v) is 6.75. The zero-order valence-corrected chi connectivity index (χ0v) is 34.1. The van der Waals surface area contributed by atoms with Crippen LogP contribution in [0.5, 0.6) is 0 Å². The number of ketones is 6. The molecule has 1 aromatic heterocycles. The summed E-state index contributed by atoms with van der Waals surface area (Å²) in [5.74, 6) is -2.74. The summed E-state index contributed by atoms with van der Waals surface area (Å²) in [4.78, 5) is 85.8. The zero-order chi connectivity index (χ0) is 47.1. The molecule has 4 N–H and O–H groups in total. The van der Waals surface area contributed by atoms with Gasteiger partial charge >= 0.3 is 0 Å². The maximum atomic E-state index is 13.1. The van der Waals surface area contributed by atoms with Gasteiger partial charge in [-0.05, 0) is 48.5 Å². The maximum absolute atomic E-state index is 13.1. The van der Waals surface area contributed by atoms with Gasteiger partial charge in [-0.15, -0.1) is 0 Å². The molecule has 0 unspecified atom stereocenters. The van der Waals surface area contributed by atoms with Gasteiger partial charge in [-0.25, -0.2) is 14.8 Å². The van der Waals surface area contributed by atoms with Crippen LogP contribution >= 0.6 is 0 Å². The lowest BCUT2D eigenvalue weighted by Gasteiger charge is -2.19. The van der Waals surface area contributed by atoms with Crippen molar-refractivity contribution in [2.24, 2.45) is 11.5 Å². The van der Waals surface area contributed by atoms with E-state index in [4.69, 9.17) is 33.8 Å². The van der Waals surface area contributed by atoms with Gasteiger partial charge in [0.1, 0.15) is 22.8 Å². The molecule has 312 valence electrons. The normalized spacial score (nSPS) is 11.9. The summed E-state index contributed by atoms with van der Waals surface area (Å²) in [6, 6.07) is 44.5. The highest BCUT2D eigenvalue weighted by atomic mass is 16.2. The second kappa shape index (κ2) is 18.8. The van der Waals surface area contributed by atoms with Gasteiger partial charge < -0.3 is 11.5 Å². The molecule has 0 saturated heterocycles. The number of allylic oxidation sites excluding steroid dienone is 2. The lowest BCUT2D eigenvalue weighted by atomic mass is 9.89. The Hall–Kier alpha value is -10.3. The SMILES string of the molecule is N#Cc1ccc(-c2nc3c(nc2-c2ccc(C#N)cc2)C(=O)c2ccccc2C3=O)cc1.NC1=C(N)C(=O)c2ccccc2C1=O.[C-]#[N+]c1ccc(C(=O)C(=O)c2ccc(C#N)cc2)cc1. The van der Waals surface area contributed by atoms with Crippen molar-refractivity contribution in [3.63, 3.8) is 0 Å².